The third-order valence-corrected chi connectivity index (χ3v) is 6.88. The fraction of sp³-hybridized carbons (Fsp3) is 0.321. The summed E-state index contributed by atoms with van der Waals surface area (Å²) in [6, 6.07) is 14.7. The molecular formula is C28H27F4N5O. The van der Waals surface area contributed by atoms with E-state index < -0.39 is 17.8 Å². The molecule has 0 bridgehead atoms. The fourth-order valence-electron chi connectivity index (χ4n) is 4.65. The Morgan fingerprint density at radius 3 is 2.32 bits per heavy atom. The van der Waals surface area contributed by atoms with Crippen LogP contribution in [-0.4, -0.2) is 56.5 Å². The molecule has 6 nitrogen and oxygen atoms in total. The van der Waals surface area contributed by atoms with E-state index in [0.717, 1.165) is 17.8 Å². The molecule has 1 amide bonds. The molecule has 1 saturated heterocycles. The van der Waals surface area contributed by atoms with Crippen molar-refractivity contribution in [3.05, 3.63) is 89.0 Å². The summed E-state index contributed by atoms with van der Waals surface area (Å²) in [4.78, 5) is 21.5. The number of piperazine rings is 1. The van der Waals surface area contributed by atoms with Crippen LogP contribution in [-0.2, 0) is 12.7 Å². The Morgan fingerprint density at radius 1 is 1.00 bits per heavy atom. The van der Waals surface area contributed by atoms with Gasteiger partial charge < -0.3 is 4.90 Å². The number of carbonyl (C=O) groups is 1. The zero-order chi connectivity index (χ0) is 27.0. The Labute approximate surface area is 217 Å². The van der Waals surface area contributed by atoms with E-state index in [1.807, 2.05) is 30.9 Å². The monoisotopic (exact) mass is 525 g/mol. The van der Waals surface area contributed by atoms with Crippen molar-refractivity contribution in [3.8, 4) is 11.3 Å². The molecule has 2 aromatic carbocycles. The van der Waals surface area contributed by atoms with Crippen LogP contribution in [0.3, 0.4) is 0 Å². The van der Waals surface area contributed by atoms with E-state index in [4.69, 9.17) is 0 Å². The molecule has 0 radical (unpaired) electrons. The van der Waals surface area contributed by atoms with Gasteiger partial charge in [-0.2, -0.15) is 18.3 Å². The molecule has 0 saturated carbocycles. The molecule has 4 aromatic rings. The molecule has 0 unspecified atom stereocenters. The molecule has 10 heteroatoms. The van der Waals surface area contributed by atoms with Crippen LogP contribution in [0.1, 0.15) is 46.9 Å². The van der Waals surface area contributed by atoms with Crippen LogP contribution in [0.2, 0.25) is 0 Å². The smallest absolute Gasteiger partial charge is 0.336 e. The van der Waals surface area contributed by atoms with E-state index in [2.05, 4.69) is 10.1 Å². The molecule has 0 aliphatic carbocycles. The van der Waals surface area contributed by atoms with Gasteiger partial charge in [0.05, 0.1) is 11.9 Å². The van der Waals surface area contributed by atoms with Gasteiger partial charge in [0.2, 0.25) is 0 Å². The van der Waals surface area contributed by atoms with Gasteiger partial charge in [0.1, 0.15) is 11.4 Å². The second-order valence-electron chi connectivity index (χ2n) is 9.75. The third-order valence-electron chi connectivity index (χ3n) is 6.88. The molecule has 2 aromatic heterocycles. The average Bonchev–Trinajstić information content (AvgIpc) is 3.33. The molecule has 1 fully saturated rings. The minimum absolute atomic E-state index is 0.0127. The van der Waals surface area contributed by atoms with E-state index in [1.165, 1.54) is 6.07 Å². The molecule has 0 N–H and O–H groups in total. The zero-order valence-electron chi connectivity index (χ0n) is 21.0. The van der Waals surface area contributed by atoms with Crippen molar-refractivity contribution in [1.29, 1.82) is 0 Å². The van der Waals surface area contributed by atoms with Gasteiger partial charge in [-0.3, -0.25) is 9.69 Å². The van der Waals surface area contributed by atoms with Gasteiger partial charge in [0.15, 0.2) is 11.3 Å². The first-order chi connectivity index (χ1) is 18.1. The molecular weight excluding hydrogens is 498 g/mol. The number of fused-ring (bicyclic) bond motifs is 1. The van der Waals surface area contributed by atoms with Crippen molar-refractivity contribution in [3.63, 3.8) is 0 Å². The summed E-state index contributed by atoms with van der Waals surface area (Å²) in [5.74, 6) is -0.437. The predicted molar refractivity (Wildman–Crippen MR) is 135 cm³/mol. The van der Waals surface area contributed by atoms with Crippen molar-refractivity contribution < 1.29 is 22.4 Å². The van der Waals surface area contributed by atoms with Gasteiger partial charge in [0.25, 0.3) is 5.91 Å². The van der Waals surface area contributed by atoms with Crippen LogP contribution in [0.25, 0.3) is 16.9 Å². The molecule has 0 atom stereocenters. The van der Waals surface area contributed by atoms with Crippen molar-refractivity contribution in [1.82, 2.24) is 24.4 Å². The minimum Gasteiger partial charge on any atom is -0.336 e. The van der Waals surface area contributed by atoms with Gasteiger partial charge >= 0.3 is 6.18 Å². The van der Waals surface area contributed by atoms with Gasteiger partial charge in [-0.05, 0) is 23.6 Å². The Bertz CT molecular complexity index is 1450. The Balaban J connectivity index is 1.42. The van der Waals surface area contributed by atoms with Crippen molar-refractivity contribution in [2.75, 3.05) is 26.2 Å². The molecule has 38 heavy (non-hydrogen) atoms. The van der Waals surface area contributed by atoms with Crippen LogP contribution in [0.5, 0.6) is 0 Å². The Kier molecular flexibility index (Phi) is 6.92. The van der Waals surface area contributed by atoms with E-state index in [-0.39, 0.29) is 28.6 Å². The van der Waals surface area contributed by atoms with Crippen LogP contribution in [0.4, 0.5) is 17.6 Å². The first-order valence-corrected chi connectivity index (χ1v) is 12.4. The first-order valence-electron chi connectivity index (χ1n) is 12.4. The highest BCUT2D eigenvalue weighted by Gasteiger charge is 2.36. The summed E-state index contributed by atoms with van der Waals surface area (Å²) < 4.78 is 56.7. The SMILES string of the molecule is CC(C)c1ccc(-c2cc(C(F)(F)F)n3ncc(C(=O)N4CCN(Cc5ccccc5F)CC4)c3n2)cc1. The summed E-state index contributed by atoms with van der Waals surface area (Å²) in [6.07, 6.45) is -3.55. The number of benzene rings is 2. The van der Waals surface area contributed by atoms with E-state index in [9.17, 15) is 22.4 Å². The normalized spacial score (nSPS) is 15.0. The molecule has 3 heterocycles. The maximum absolute atomic E-state index is 14.0. The highest BCUT2D eigenvalue weighted by molar-refractivity contribution is 6.00. The van der Waals surface area contributed by atoms with E-state index in [1.54, 1.807) is 35.2 Å². The number of rotatable bonds is 5. The number of amides is 1. The largest absolute Gasteiger partial charge is 0.433 e. The summed E-state index contributed by atoms with van der Waals surface area (Å²) in [6.45, 7) is 6.21. The van der Waals surface area contributed by atoms with Crippen molar-refractivity contribution in [2.24, 2.45) is 0 Å². The maximum atomic E-state index is 14.0. The lowest BCUT2D eigenvalue weighted by molar-refractivity contribution is -0.142. The van der Waals surface area contributed by atoms with Gasteiger partial charge in [-0.25, -0.2) is 13.9 Å². The fourth-order valence-corrected chi connectivity index (χ4v) is 4.65. The second kappa shape index (κ2) is 10.2. The number of aromatic nitrogens is 3. The minimum atomic E-state index is -4.70. The highest BCUT2D eigenvalue weighted by atomic mass is 19.4. The number of alkyl halides is 3. The van der Waals surface area contributed by atoms with Gasteiger partial charge in [0, 0.05) is 43.9 Å². The number of halogens is 4. The Morgan fingerprint density at radius 2 is 1.68 bits per heavy atom. The highest BCUT2D eigenvalue weighted by Crippen LogP contribution is 2.33. The lowest BCUT2D eigenvalue weighted by atomic mass is 10.0. The predicted octanol–water partition coefficient (Wildman–Crippen LogP) is 5.64. The topological polar surface area (TPSA) is 53.7 Å². The number of carbonyl (C=O) groups excluding carboxylic acids is 1. The molecule has 1 aliphatic heterocycles. The van der Waals surface area contributed by atoms with Crippen LogP contribution in [0, 0.1) is 5.82 Å². The van der Waals surface area contributed by atoms with Crippen LogP contribution in [0.15, 0.2) is 60.8 Å². The first kappa shape index (κ1) is 25.8. The summed E-state index contributed by atoms with van der Waals surface area (Å²) >= 11 is 0. The van der Waals surface area contributed by atoms with E-state index >= 15 is 0 Å². The van der Waals surface area contributed by atoms with Gasteiger partial charge in [-0.1, -0.05) is 56.3 Å². The van der Waals surface area contributed by atoms with Gasteiger partial charge in [-0.15, -0.1) is 0 Å². The standard InChI is InChI=1S/C28H27F4N5O/c1-18(2)19-7-9-20(10-8-19)24-15-25(28(30,31)32)37-26(34-24)22(16-33-37)27(38)36-13-11-35(12-14-36)17-21-5-3-4-6-23(21)29/h3-10,15-16,18H,11-14,17H2,1-2H3. The zero-order valence-corrected chi connectivity index (χ0v) is 21.0. The summed E-state index contributed by atoms with van der Waals surface area (Å²) in [5, 5.41) is 3.89. The molecule has 0 spiro atoms. The lowest BCUT2D eigenvalue weighted by Crippen LogP contribution is -2.48. The molecule has 5 rings (SSSR count). The van der Waals surface area contributed by atoms with Crippen molar-refractivity contribution >= 4 is 11.6 Å². The number of nitrogens with zero attached hydrogens (tertiary/aromatic N) is 5. The van der Waals surface area contributed by atoms with E-state index in [0.29, 0.717) is 48.4 Å². The molecule has 198 valence electrons. The second-order valence-corrected chi connectivity index (χ2v) is 9.75. The third kappa shape index (κ3) is 5.13. The quantitative estimate of drug-likeness (QED) is 0.317. The van der Waals surface area contributed by atoms with Crippen molar-refractivity contribution in [2.45, 2.75) is 32.5 Å². The number of hydrogen-bond acceptors (Lipinski definition) is 4. The number of hydrogen-bond donors (Lipinski definition) is 0. The van der Waals surface area contributed by atoms with Crippen LogP contribution < -0.4 is 0 Å². The maximum Gasteiger partial charge on any atom is 0.433 e. The van der Waals surface area contributed by atoms with Crippen LogP contribution >= 0.6 is 0 Å². The summed E-state index contributed by atoms with van der Waals surface area (Å²) in [5.41, 5.74) is 1.14. The average molecular weight is 526 g/mol. The Hall–Kier alpha value is -3.79. The summed E-state index contributed by atoms with van der Waals surface area (Å²) in [7, 11) is 0. The lowest BCUT2D eigenvalue weighted by Gasteiger charge is -2.34. The molecule has 1 aliphatic rings.